The van der Waals surface area contributed by atoms with Gasteiger partial charge >= 0.3 is 0 Å². The minimum atomic E-state index is -0.167. The predicted octanol–water partition coefficient (Wildman–Crippen LogP) is 3.91. The molecule has 1 nitrogen and oxygen atoms in total. The first-order chi connectivity index (χ1) is 8.05. The Hall–Kier alpha value is -0.410. The second-order valence-corrected chi connectivity index (χ2v) is 6.02. The normalized spacial score (nSPS) is 24.5. The SMILES string of the molecule is CC(C)C1(Cc2cccc(F)c2Br)CCCN1. The van der Waals surface area contributed by atoms with Crippen LogP contribution in [0.15, 0.2) is 22.7 Å². The minimum absolute atomic E-state index is 0.135. The summed E-state index contributed by atoms with van der Waals surface area (Å²) in [5.41, 5.74) is 1.20. The summed E-state index contributed by atoms with van der Waals surface area (Å²) in [4.78, 5) is 0. The van der Waals surface area contributed by atoms with Crippen molar-refractivity contribution in [2.24, 2.45) is 5.92 Å². The van der Waals surface area contributed by atoms with E-state index in [0.717, 1.165) is 18.5 Å². The second kappa shape index (κ2) is 5.07. The van der Waals surface area contributed by atoms with E-state index in [1.807, 2.05) is 6.07 Å². The molecule has 0 saturated carbocycles. The molecule has 0 radical (unpaired) electrons. The van der Waals surface area contributed by atoms with Gasteiger partial charge in [0.1, 0.15) is 5.82 Å². The molecule has 1 saturated heterocycles. The first-order valence-corrected chi connectivity index (χ1v) is 7.02. The van der Waals surface area contributed by atoms with Gasteiger partial charge in [0.25, 0.3) is 0 Å². The van der Waals surface area contributed by atoms with E-state index in [9.17, 15) is 4.39 Å². The summed E-state index contributed by atoms with van der Waals surface area (Å²) in [7, 11) is 0. The van der Waals surface area contributed by atoms with Crippen LogP contribution in [0.2, 0.25) is 0 Å². The number of hydrogen-bond acceptors (Lipinski definition) is 1. The Bertz CT molecular complexity index is 397. The van der Waals surface area contributed by atoms with E-state index in [1.165, 1.54) is 18.9 Å². The Balaban J connectivity index is 2.27. The van der Waals surface area contributed by atoms with Gasteiger partial charge in [-0.2, -0.15) is 0 Å². The summed E-state index contributed by atoms with van der Waals surface area (Å²) < 4.78 is 14.1. The molecule has 1 aliphatic rings. The van der Waals surface area contributed by atoms with Crippen LogP contribution in [0.5, 0.6) is 0 Å². The molecule has 0 aromatic heterocycles. The van der Waals surface area contributed by atoms with Crippen molar-refractivity contribution in [1.29, 1.82) is 0 Å². The van der Waals surface area contributed by atoms with E-state index in [2.05, 4.69) is 35.1 Å². The number of nitrogens with one attached hydrogen (secondary N) is 1. The first kappa shape index (κ1) is 13.0. The van der Waals surface area contributed by atoms with Crippen LogP contribution in [0.3, 0.4) is 0 Å². The average molecular weight is 300 g/mol. The maximum absolute atomic E-state index is 13.5. The molecular formula is C14H19BrFN. The quantitative estimate of drug-likeness (QED) is 0.892. The third-order valence-electron chi connectivity index (χ3n) is 3.92. The first-order valence-electron chi connectivity index (χ1n) is 6.23. The Labute approximate surface area is 111 Å². The van der Waals surface area contributed by atoms with Gasteiger partial charge in [-0.25, -0.2) is 4.39 Å². The summed E-state index contributed by atoms with van der Waals surface area (Å²) in [6, 6.07) is 5.30. The molecule has 0 aliphatic carbocycles. The Morgan fingerprint density at radius 2 is 2.24 bits per heavy atom. The maximum atomic E-state index is 13.5. The standard InChI is InChI=1S/C14H19BrFN/c1-10(2)14(7-4-8-17-14)9-11-5-3-6-12(16)13(11)15/h3,5-6,10,17H,4,7-9H2,1-2H3. The van der Waals surface area contributed by atoms with E-state index in [1.54, 1.807) is 6.07 Å². The molecule has 1 aromatic carbocycles. The van der Waals surface area contributed by atoms with E-state index in [4.69, 9.17) is 0 Å². The van der Waals surface area contributed by atoms with E-state index in [-0.39, 0.29) is 11.4 Å². The number of benzene rings is 1. The summed E-state index contributed by atoms with van der Waals surface area (Å²) in [5, 5.41) is 3.62. The van der Waals surface area contributed by atoms with E-state index >= 15 is 0 Å². The summed E-state index contributed by atoms with van der Waals surface area (Å²) >= 11 is 3.36. The van der Waals surface area contributed by atoms with Crippen LogP contribution in [0.4, 0.5) is 4.39 Å². The van der Waals surface area contributed by atoms with Crippen LogP contribution in [-0.4, -0.2) is 12.1 Å². The lowest BCUT2D eigenvalue weighted by molar-refractivity contribution is 0.268. The van der Waals surface area contributed by atoms with Crippen molar-refractivity contribution in [2.75, 3.05) is 6.54 Å². The highest BCUT2D eigenvalue weighted by molar-refractivity contribution is 9.10. The zero-order valence-electron chi connectivity index (χ0n) is 10.4. The topological polar surface area (TPSA) is 12.0 Å². The highest BCUT2D eigenvalue weighted by Crippen LogP contribution is 2.34. The number of rotatable bonds is 3. The average Bonchev–Trinajstić information content (AvgIpc) is 2.75. The van der Waals surface area contributed by atoms with Crippen LogP contribution < -0.4 is 5.32 Å². The molecule has 17 heavy (non-hydrogen) atoms. The second-order valence-electron chi connectivity index (χ2n) is 5.23. The predicted molar refractivity (Wildman–Crippen MR) is 72.6 cm³/mol. The van der Waals surface area contributed by atoms with Gasteiger partial charge in [0.15, 0.2) is 0 Å². The lowest BCUT2D eigenvalue weighted by atomic mass is 9.80. The van der Waals surface area contributed by atoms with Crippen molar-refractivity contribution in [3.8, 4) is 0 Å². The lowest BCUT2D eigenvalue weighted by Crippen LogP contribution is -2.46. The summed E-state index contributed by atoms with van der Waals surface area (Å²) in [6.45, 7) is 5.56. The molecule has 1 aromatic rings. The van der Waals surface area contributed by atoms with Crippen molar-refractivity contribution >= 4 is 15.9 Å². The summed E-state index contributed by atoms with van der Waals surface area (Å²) in [5.74, 6) is 0.388. The molecule has 1 unspecified atom stereocenters. The van der Waals surface area contributed by atoms with Gasteiger partial charge in [0.05, 0.1) is 4.47 Å². The Morgan fingerprint density at radius 3 is 2.82 bits per heavy atom. The molecule has 2 rings (SSSR count). The van der Waals surface area contributed by atoms with Gasteiger partial charge in [0.2, 0.25) is 0 Å². The fourth-order valence-corrected chi connectivity index (χ4v) is 3.11. The van der Waals surface area contributed by atoms with Crippen molar-refractivity contribution in [1.82, 2.24) is 5.32 Å². The van der Waals surface area contributed by atoms with Gasteiger partial charge in [-0.1, -0.05) is 26.0 Å². The smallest absolute Gasteiger partial charge is 0.137 e. The number of hydrogen-bond donors (Lipinski definition) is 1. The van der Waals surface area contributed by atoms with Crippen molar-refractivity contribution in [3.63, 3.8) is 0 Å². The summed E-state index contributed by atoms with van der Waals surface area (Å²) in [6.07, 6.45) is 3.28. The Kier molecular flexibility index (Phi) is 3.88. The van der Waals surface area contributed by atoms with Crippen molar-refractivity contribution < 1.29 is 4.39 Å². The highest BCUT2D eigenvalue weighted by Gasteiger charge is 2.36. The fraction of sp³-hybridized carbons (Fsp3) is 0.571. The zero-order valence-corrected chi connectivity index (χ0v) is 12.0. The molecule has 3 heteroatoms. The Morgan fingerprint density at radius 1 is 1.47 bits per heavy atom. The zero-order chi connectivity index (χ0) is 12.5. The van der Waals surface area contributed by atoms with Gasteiger partial charge in [-0.05, 0) is 59.3 Å². The molecular weight excluding hydrogens is 281 g/mol. The molecule has 1 fully saturated rings. The van der Waals surface area contributed by atoms with Crippen LogP contribution >= 0.6 is 15.9 Å². The van der Waals surface area contributed by atoms with Gasteiger partial charge in [0, 0.05) is 5.54 Å². The molecule has 0 bridgehead atoms. The third-order valence-corrected chi connectivity index (χ3v) is 4.81. The van der Waals surface area contributed by atoms with Crippen molar-refractivity contribution in [3.05, 3.63) is 34.1 Å². The van der Waals surface area contributed by atoms with Crippen LogP contribution in [0.25, 0.3) is 0 Å². The minimum Gasteiger partial charge on any atom is -0.311 e. The number of halogens is 2. The maximum Gasteiger partial charge on any atom is 0.137 e. The molecule has 1 heterocycles. The van der Waals surface area contributed by atoms with Crippen LogP contribution in [-0.2, 0) is 6.42 Å². The monoisotopic (exact) mass is 299 g/mol. The van der Waals surface area contributed by atoms with Crippen LogP contribution in [0.1, 0.15) is 32.3 Å². The van der Waals surface area contributed by atoms with E-state index in [0.29, 0.717) is 10.4 Å². The molecule has 1 N–H and O–H groups in total. The molecule has 0 spiro atoms. The van der Waals surface area contributed by atoms with Gasteiger partial charge in [-0.15, -0.1) is 0 Å². The van der Waals surface area contributed by atoms with E-state index < -0.39 is 0 Å². The fourth-order valence-electron chi connectivity index (χ4n) is 2.70. The van der Waals surface area contributed by atoms with Crippen LogP contribution in [0, 0.1) is 11.7 Å². The third kappa shape index (κ3) is 2.55. The van der Waals surface area contributed by atoms with Gasteiger partial charge < -0.3 is 5.32 Å². The molecule has 1 aliphatic heterocycles. The van der Waals surface area contributed by atoms with Crippen molar-refractivity contribution in [2.45, 2.75) is 38.6 Å². The lowest BCUT2D eigenvalue weighted by Gasteiger charge is -2.34. The van der Waals surface area contributed by atoms with Gasteiger partial charge in [-0.3, -0.25) is 0 Å². The largest absolute Gasteiger partial charge is 0.311 e. The molecule has 1 atom stereocenters. The molecule has 94 valence electrons. The highest BCUT2D eigenvalue weighted by atomic mass is 79.9. The molecule has 0 amide bonds.